The number of carbonyl (C=O) groups excluding carboxylic acids is 1. The van der Waals surface area contributed by atoms with Crippen molar-refractivity contribution in [3.05, 3.63) is 29.3 Å². The fraction of sp³-hybridized carbons (Fsp3) is 0.562. The lowest BCUT2D eigenvalue weighted by Gasteiger charge is -2.23. The molecule has 0 atom stereocenters. The largest absolute Gasteiger partial charge is 0.465 e. The fourth-order valence-corrected chi connectivity index (χ4v) is 2.74. The van der Waals surface area contributed by atoms with Crippen molar-refractivity contribution < 1.29 is 9.53 Å². The van der Waals surface area contributed by atoms with Crippen LogP contribution in [0, 0.1) is 5.92 Å². The molecule has 4 heteroatoms. The van der Waals surface area contributed by atoms with Gasteiger partial charge in [0.2, 0.25) is 0 Å². The maximum absolute atomic E-state index is 11.9. The van der Waals surface area contributed by atoms with E-state index in [4.69, 9.17) is 10.5 Å². The Morgan fingerprint density at radius 3 is 2.70 bits per heavy atom. The first-order valence-electron chi connectivity index (χ1n) is 7.38. The number of hydrogen-bond donors (Lipinski definition) is 1. The van der Waals surface area contributed by atoms with E-state index in [0.29, 0.717) is 17.3 Å². The van der Waals surface area contributed by atoms with Crippen LogP contribution < -0.4 is 5.73 Å². The van der Waals surface area contributed by atoms with Gasteiger partial charge in [-0.25, -0.2) is 4.79 Å². The molecule has 0 saturated heterocycles. The number of nitrogen functional groups attached to an aromatic ring is 1. The first kappa shape index (κ1) is 13.4. The van der Waals surface area contributed by atoms with Crippen LogP contribution >= 0.6 is 0 Å². The summed E-state index contributed by atoms with van der Waals surface area (Å²) >= 11 is 0. The molecule has 0 radical (unpaired) electrons. The summed E-state index contributed by atoms with van der Waals surface area (Å²) in [7, 11) is 1.40. The van der Waals surface area contributed by atoms with Crippen molar-refractivity contribution in [3.8, 4) is 0 Å². The van der Waals surface area contributed by atoms with Crippen LogP contribution in [0.4, 0.5) is 5.69 Å². The summed E-state index contributed by atoms with van der Waals surface area (Å²) < 4.78 is 4.87. The zero-order valence-corrected chi connectivity index (χ0v) is 12.0. The van der Waals surface area contributed by atoms with E-state index in [0.717, 1.165) is 24.6 Å². The van der Waals surface area contributed by atoms with Crippen molar-refractivity contribution in [2.75, 3.05) is 19.4 Å². The van der Waals surface area contributed by atoms with E-state index in [-0.39, 0.29) is 5.97 Å². The van der Waals surface area contributed by atoms with Gasteiger partial charge in [0, 0.05) is 24.8 Å². The van der Waals surface area contributed by atoms with E-state index in [2.05, 4.69) is 4.90 Å². The molecular formula is C16H22N2O2. The Hall–Kier alpha value is -1.55. The molecule has 0 unspecified atom stereocenters. The number of ether oxygens (including phenoxy) is 1. The van der Waals surface area contributed by atoms with Gasteiger partial charge in [-0.2, -0.15) is 0 Å². The number of benzene rings is 1. The highest BCUT2D eigenvalue weighted by molar-refractivity contribution is 5.96. The minimum absolute atomic E-state index is 0.333. The Morgan fingerprint density at radius 2 is 2.10 bits per heavy atom. The van der Waals surface area contributed by atoms with Crippen molar-refractivity contribution in [1.29, 1.82) is 0 Å². The number of rotatable bonds is 6. The Bertz CT molecular complexity index is 507. The highest BCUT2D eigenvalue weighted by Crippen LogP contribution is 2.36. The normalized spacial score (nSPS) is 18.3. The van der Waals surface area contributed by atoms with Gasteiger partial charge < -0.3 is 10.5 Å². The standard InChI is InChI=1S/C16H22N2O2/c1-20-16(19)15-12(3-2-4-14(15)17)10-18(13-7-8-13)9-11-5-6-11/h2-4,11,13H,5-10,17H2,1H3. The molecule has 2 saturated carbocycles. The van der Waals surface area contributed by atoms with Gasteiger partial charge in [-0.3, -0.25) is 4.90 Å². The SMILES string of the molecule is COC(=O)c1c(N)cccc1CN(CC1CC1)C1CC1. The summed E-state index contributed by atoms with van der Waals surface area (Å²) in [4.78, 5) is 14.4. The first-order chi connectivity index (χ1) is 9.69. The Morgan fingerprint density at radius 1 is 1.35 bits per heavy atom. The molecule has 0 bridgehead atoms. The number of esters is 1. The van der Waals surface area contributed by atoms with Crippen molar-refractivity contribution >= 4 is 11.7 Å². The highest BCUT2D eigenvalue weighted by Gasteiger charge is 2.34. The summed E-state index contributed by atoms with van der Waals surface area (Å²) in [5, 5.41) is 0. The van der Waals surface area contributed by atoms with E-state index in [1.807, 2.05) is 12.1 Å². The zero-order valence-electron chi connectivity index (χ0n) is 12.0. The predicted octanol–water partition coefficient (Wildman–Crippen LogP) is 2.43. The first-order valence-corrected chi connectivity index (χ1v) is 7.38. The molecule has 4 nitrogen and oxygen atoms in total. The smallest absolute Gasteiger partial charge is 0.340 e. The van der Waals surface area contributed by atoms with E-state index in [1.165, 1.54) is 32.8 Å². The summed E-state index contributed by atoms with van der Waals surface area (Å²) in [5.74, 6) is 0.526. The van der Waals surface area contributed by atoms with Gasteiger partial charge in [-0.1, -0.05) is 12.1 Å². The number of anilines is 1. The van der Waals surface area contributed by atoms with Gasteiger partial charge in [0.15, 0.2) is 0 Å². The molecule has 1 aromatic rings. The zero-order chi connectivity index (χ0) is 14.1. The molecule has 0 amide bonds. The molecule has 2 aliphatic carbocycles. The molecule has 0 heterocycles. The van der Waals surface area contributed by atoms with Crippen molar-refractivity contribution in [2.45, 2.75) is 38.3 Å². The molecule has 0 aromatic heterocycles. The second-order valence-electron chi connectivity index (χ2n) is 5.98. The van der Waals surface area contributed by atoms with E-state index in [1.54, 1.807) is 6.07 Å². The molecule has 0 spiro atoms. The minimum Gasteiger partial charge on any atom is -0.465 e. The molecule has 2 N–H and O–H groups in total. The van der Waals surface area contributed by atoms with Gasteiger partial charge in [0.05, 0.1) is 12.7 Å². The van der Waals surface area contributed by atoms with Crippen LogP contribution in [0.15, 0.2) is 18.2 Å². The van der Waals surface area contributed by atoms with Gasteiger partial charge in [0.25, 0.3) is 0 Å². The average molecular weight is 274 g/mol. The highest BCUT2D eigenvalue weighted by atomic mass is 16.5. The minimum atomic E-state index is -0.333. The average Bonchev–Trinajstić information content (AvgIpc) is 3.29. The van der Waals surface area contributed by atoms with E-state index in [9.17, 15) is 4.79 Å². The van der Waals surface area contributed by atoms with Crippen LogP contribution in [0.5, 0.6) is 0 Å². The fourth-order valence-electron chi connectivity index (χ4n) is 2.74. The van der Waals surface area contributed by atoms with Gasteiger partial charge in [-0.05, 0) is 43.2 Å². The number of nitrogens with two attached hydrogens (primary N) is 1. The third-order valence-corrected chi connectivity index (χ3v) is 4.20. The lowest BCUT2D eigenvalue weighted by atomic mass is 10.0. The van der Waals surface area contributed by atoms with Crippen molar-refractivity contribution in [2.24, 2.45) is 5.92 Å². The monoisotopic (exact) mass is 274 g/mol. The van der Waals surface area contributed by atoms with Gasteiger partial charge in [-0.15, -0.1) is 0 Å². The second kappa shape index (κ2) is 5.44. The molecule has 20 heavy (non-hydrogen) atoms. The molecule has 3 rings (SSSR count). The molecular weight excluding hydrogens is 252 g/mol. The van der Waals surface area contributed by atoms with Crippen LogP contribution in [0.1, 0.15) is 41.6 Å². The number of nitrogens with zero attached hydrogens (tertiary/aromatic N) is 1. The molecule has 2 aliphatic rings. The van der Waals surface area contributed by atoms with Gasteiger partial charge in [0.1, 0.15) is 0 Å². The number of methoxy groups -OCH3 is 1. The van der Waals surface area contributed by atoms with E-state index < -0.39 is 0 Å². The van der Waals surface area contributed by atoms with Crippen LogP contribution in [0.3, 0.4) is 0 Å². The lowest BCUT2D eigenvalue weighted by molar-refractivity contribution is 0.0599. The third kappa shape index (κ3) is 2.96. The summed E-state index contributed by atoms with van der Waals surface area (Å²) in [5.41, 5.74) is 8.00. The summed E-state index contributed by atoms with van der Waals surface area (Å²) in [6, 6.07) is 6.37. The van der Waals surface area contributed by atoms with Crippen LogP contribution in [-0.4, -0.2) is 30.6 Å². The molecule has 108 valence electrons. The van der Waals surface area contributed by atoms with Crippen molar-refractivity contribution in [3.63, 3.8) is 0 Å². The maximum Gasteiger partial charge on any atom is 0.340 e. The summed E-state index contributed by atoms with van der Waals surface area (Å²) in [6.07, 6.45) is 5.26. The topological polar surface area (TPSA) is 55.6 Å². The van der Waals surface area contributed by atoms with Crippen molar-refractivity contribution in [1.82, 2.24) is 4.90 Å². The lowest BCUT2D eigenvalue weighted by Crippen LogP contribution is -2.29. The molecule has 1 aromatic carbocycles. The Kier molecular flexibility index (Phi) is 3.66. The third-order valence-electron chi connectivity index (χ3n) is 4.20. The Balaban J connectivity index is 1.80. The quantitative estimate of drug-likeness (QED) is 0.639. The second-order valence-corrected chi connectivity index (χ2v) is 5.98. The van der Waals surface area contributed by atoms with Gasteiger partial charge >= 0.3 is 5.97 Å². The number of hydrogen-bond acceptors (Lipinski definition) is 4. The van der Waals surface area contributed by atoms with Crippen LogP contribution in [0.2, 0.25) is 0 Å². The predicted molar refractivity (Wildman–Crippen MR) is 78.3 cm³/mol. The number of carbonyl (C=O) groups is 1. The van der Waals surface area contributed by atoms with Crippen LogP contribution in [-0.2, 0) is 11.3 Å². The Labute approximate surface area is 119 Å². The van der Waals surface area contributed by atoms with Crippen LogP contribution in [0.25, 0.3) is 0 Å². The molecule has 0 aliphatic heterocycles. The maximum atomic E-state index is 11.9. The van der Waals surface area contributed by atoms with E-state index >= 15 is 0 Å². The molecule has 2 fully saturated rings. The summed E-state index contributed by atoms with van der Waals surface area (Å²) in [6.45, 7) is 1.96.